The van der Waals surface area contributed by atoms with Crippen LogP contribution in [-0.4, -0.2) is 46.2 Å². The fourth-order valence-corrected chi connectivity index (χ4v) is 3.47. The number of nitrogens with two attached hydrogens (primary N) is 1. The predicted octanol–water partition coefficient (Wildman–Crippen LogP) is 0.737. The van der Waals surface area contributed by atoms with E-state index in [9.17, 15) is 4.79 Å². The van der Waals surface area contributed by atoms with Crippen molar-refractivity contribution in [2.75, 3.05) is 12.8 Å². The summed E-state index contributed by atoms with van der Waals surface area (Å²) in [4.78, 5) is 14.6. The molecule has 2 fully saturated rings. The van der Waals surface area contributed by atoms with Gasteiger partial charge in [0.2, 0.25) is 0 Å². The minimum Gasteiger partial charge on any atom is -0.396 e. The molecule has 1 aromatic rings. The lowest BCUT2D eigenvalue weighted by molar-refractivity contribution is 0.0462. The molecule has 3 heterocycles. The zero-order valence-corrected chi connectivity index (χ0v) is 11.2. The summed E-state index contributed by atoms with van der Waals surface area (Å²) < 4.78 is 0. The Hall–Kier alpha value is -1.56. The van der Waals surface area contributed by atoms with Gasteiger partial charge >= 0.3 is 0 Å². The number of hydrogen-bond donors (Lipinski definition) is 3. The molecule has 1 aromatic heterocycles. The van der Waals surface area contributed by atoms with E-state index in [-0.39, 0.29) is 11.9 Å². The molecular formula is C13H21N5O. The molecule has 0 aliphatic carbocycles. The van der Waals surface area contributed by atoms with Gasteiger partial charge in [-0.15, -0.1) is 0 Å². The summed E-state index contributed by atoms with van der Waals surface area (Å²) in [7, 11) is 2.21. The summed E-state index contributed by atoms with van der Waals surface area (Å²) >= 11 is 0. The highest BCUT2D eigenvalue weighted by Crippen LogP contribution is 2.32. The number of anilines is 1. The lowest BCUT2D eigenvalue weighted by Gasteiger charge is -2.47. The van der Waals surface area contributed by atoms with Crippen LogP contribution in [0.4, 0.5) is 5.69 Å². The molecule has 2 atom stereocenters. The highest BCUT2D eigenvalue weighted by atomic mass is 16.2. The standard InChI is InChI=1S/C13H21N5O/c1-18-9-3-2-4-10(18)6-8(5-9)16-13(19)12-11(14)7-15-17-12/h7-10H,2-6,14H2,1H3,(H,15,17)(H,16,19). The molecule has 2 unspecified atom stereocenters. The second-order valence-electron chi connectivity index (χ2n) is 5.75. The lowest BCUT2D eigenvalue weighted by atomic mass is 9.82. The normalized spacial score (nSPS) is 31.1. The zero-order valence-electron chi connectivity index (χ0n) is 11.2. The van der Waals surface area contributed by atoms with E-state index in [1.54, 1.807) is 0 Å². The van der Waals surface area contributed by atoms with E-state index in [0.717, 1.165) is 12.8 Å². The van der Waals surface area contributed by atoms with Crippen molar-refractivity contribution in [2.24, 2.45) is 0 Å². The first-order valence-corrected chi connectivity index (χ1v) is 6.97. The number of amides is 1. The molecule has 1 amide bonds. The van der Waals surface area contributed by atoms with Crippen molar-refractivity contribution in [1.29, 1.82) is 0 Å². The van der Waals surface area contributed by atoms with Gasteiger partial charge in [0.1, 0.15) is 5.69 Å². The summed E-state index contributed by atoms with van der Waals surface area (Å²) in [6.07, 6.45) is 7.34. The summed E-state index contributed by atoms with van der Waals surface area (Å²) in [5.74, 6) is -0.136. The van der Waals surface area contributed by atoms with Gasteiger partial charge in [0, 0.05) is 18.1 Å². The Morgan fingerprint density at radius 2 is 2.16 bits per heavy atom. The van der Waals surface area contributed by atoms with Crippen LogP contribution >= 0.6 is 0 Å². The Morgan fingerprint density at radius 3 is 2.74 bits per heavy atom. The number of rotatable bonds is 2. The molecule has 0 radical (unpaired) electrons. The van der Waals surface area contributed by atoms with Crippen LogP contribution in [0.5, 0.6) is 0 Å². The third-order valence-corrected chi connectivity index (χ3v) is 4.57. The Bertz CT molecular complexity index is 457. The van der Waals surface area contributed by atoms with E-state index < -0.39 is 0 Å². The van der Waals surface area contributed by atoms with Gasteiger partial charge in [0.05, 0.1) is 11.9 Å². The van der Waals surface area contributed by atoms with E-state index in [4.69, 9.17) is 5.73 Å². The number of nitrogen functional groups attached to an aromatic ring is 1. The maximum absolute atomic E-state index is 12.1. The molecule has 6 heteroatoms. The molecule has 0 spiro atoms. The number of hydrogen-bond acceptors (Lipinski definition) is 4. The molecule has 0 aromatic carbocycles. The van der Waals surface area contributed by atoms with E-state index in [0.29, 0.717) is 23.5 Å². The van der Waals surface area contributed by atoms with E-state index >= 15 is 0 Å². The first-order chi connectivity index (χ1) is 9.15. The second-order valence-corrected chi connectivity index (χ2v) is 5.75. The van der Waals surface area contributed by atoms with Crippen LogP contribution in [0.3, 0.4) is 0 Å². The number of piperidine rings is 2. The van der Waals surface area contributed by atoms with Crippen molar-refractivity contribution >= 4 is 11.6 Å². The van der Waals surface area contributed by atoms with Crippen molar-refractivity contribution in [1.82, 2.24) is 20.4 Å². The minimum absolute atomic E-state index is 0.136. The van der Waals surface area contributed by atoms with Crippen LogP contribution in [0.2, 0.25) is 0 Å². The Morgan fingerprint density at radius 1 is 1.47 bits per heavy atom. The summed E-state index contributed by atoms with van der Waals surface area (Å²) in [5, 5.41) is 9.54. The van der Waals surface area contributed by atoms with Gasteiger partial charge in [-0.25, -0.2) is 0 Å². The Kier molecular flexibility index (Phi) is 3.18. The Labute approximate surface area is 112 Å². The van der Waals surface area contributed by atoms with Crippen molar-refractivity contribution in [3.05, 3.63) is 11.9 Å². The maximum atomic E-state index is 12.1. The van der Waals surface area contributed by atoms with Crippen molar-refractivity contribution in [2.45, 2.75) is 50.2 Å². The summed E-state index contributed by atoms with van der Waals surface area (Å²) in [5.41, 5.74) is 6.48. The molecule has 2 aliphatic rings. The van der Waals surface area contributed by atoms with Crippen molar-refractivity contribution < 1.29 is 4.79 Å². The number of nitrogens with one attached hydrogen (secondary N) is 2. The molecular weight excluding hydrogens is 242 g/mol. The SMILES string of the molecule is CN1C2CCCC1CC(NC(=O)c1[nH]ncc1N)C2. The molecule has 2 bridgehead atoms. The monoisotopic (exact) mass is 263 g/mol. The van der Waals surface area contributed by atoms with E-state index in [1.165, 1.54) is 25.5 Å². The highest BCUT2D eigenvalue weighted by molar-refractivity contribution is 5.97. The number of aromatic nitrogens is 2. The van der Waals surface area contributed by atoms with Crippen LogP contribution in [-0.2, 0) is 0 Å². The first kappa shape index (κ1) is 12.5. The zero-order chi connectivity index (χ0) is 13.4. The van der Waals surface area contributed by atoms with Gasteiger partial charge in [0.25, 0.3) is 5.91 Å². The largest absolute Gasteiger partial charge is 0.396 e. The van der Waals surface area contributed by atoms with E-state index in [2.05, 4.69) is 27.5 Å². The van der Waals surface area contributed by atoms with Crippen LogP contribution in [0.25, 0.3) is 0 Å². The van der Waals surface area contributed by atoms with Gasteiger partial charge in [-0.05, 0) is 32.7 Å². The molecule has 4 N–H and O–H groups in total. The molecule has 104 valence electrons. The molecule has 0 saturated carbocycles. The Balaban J connectivity index is 1.65. The smallest absolute Gasteiger partial charge is 0.271 e. The number of carbonyl (C=O) groups excluding carboxylic acids is 1. The van der Waals surface area contributed by atoms with Gasteiger partial charge in [-0.1, -0.05) is 6.42 Å². The van der Waals surface area contributed by atoms with Crippen LogP contribution in [0.15, 0.2) is 6.20 Å². The average molecular weight is 263 g/mol. The van der Waals surface area contributed by atoms with Crippen molar-refractivity contribution in [3.8, 4) is 0 Å². The fraction of sp³-hybridized carbons (Fsp3) is 0.692. The lowest BCUT2D eigenvalue weighted by Crippen LogP contribution is -2.55. The number of carbonyl (C=O) groups is 1. The molecule has 2 saturated heterocycles. The minimum atomic E-state index is -0.136. The van der Waals surface area contributed by atoms with Crippen LogP contribution in [0.1, 0.15) is 42.6 Å². The number of H-pyrrole nitrogens is 1. The average Bonchev–Trinajstić information content (AvgIpc) is 2.77. The van der Waals surface area contributed by atoms with Crippen LogP contribution in [0, 0.1) is 0 Å². The molecule has 2 aliphatic heterocycles. The number of fused-ring (bicyclic) bond motifs is 2. The topological polar surface area (TPSA) is 87.0 Å². The van der Waals surface area contributed by atoms with Gasteiger partial charge in [-0.2, -0.15) is 5.10 Å². The molecule has 6 nitrogen and oxygen atoms in total. The van der Waals surface area contributed by atoms with Crippen molar-refractivity contribution in [3.63, 3.8) is 0 Å². The highest BCUT2D eigenvalue weighted by Gasteiger charge is 2.36. The van der Waals surface area contributed by atoms with Crippen LogP contribution < -0.4 is 11.1 Å². The quantitative estimate of drug-likeness (QED) is 0.734. The third kappa shape index (κ3) is 2.32. The van der Waals surface area contributed by atoms with Gasteiger partial charge in [-0.3, -0.25) is 9.89 Å². The van der Waals surface area contributed by atoms with Gasteiger partial charge < -0.3 is 16.0 Å². The second kappa shape index (κ2) is 4.85. The predicted molar refractivity (Wildman–Crippen MR) is 72.7 cm³/mol. The first-order valence-electron chi connectivity index (χ1n) is 6.97. The fourth-order valence-electron chi connectivity index (χ4n) is 3.47. The van der Waals surface area contributed by atoms with Gasteiger partial charge in [0.15, 0.2) is 0 Å². The maximum Gasteiger partial charge on any atom is 0.271 e. The third-order valence-electron chi connectivity index (χ3n) is 4.57. The van der Waals surface area contributed by atoms with E-state index in [1.807, 2.05) is 0 Å². The summed E-state index contributed by atoms with van der Waals surface area (Å²) in [6.45, 7) is 0. The molecule has 3 rings (SSSR count). The summed E-state index contributed by atoms with van der Waals surface area (Å²) in [6, 6.07) is 1.47. The number of aromatic amines is 1. The number of nitrogens with zero attached hydrogens (tertiary/aromatic N) is 2. The molecule has 19 heavy (non-hydrogen) atoms.